The number of aromatic nitrogens is 1. The second-order valence-electron chi connectivity index (χ2n) is 3.65. The first-order chi connectivity index (χ1) is 8.67. The molecule has 5 nitrogen and oxygen atoms in total. The van der Waals surface area contributed by atoms with E-state index in [1.54, 1.807) is 37.4 Å². The molecule has 0 spiro atoms. The van der Waals surface area contributed by atoms with Gasteiger partial charge in [0.15, 0.2) is 0 Å². The van der Waals surface area contributed by atoms with Crippen LogP contribution in [0.1, 0.15) is 17.3 Å². The fourth-order valence-corrected chi connectivity index (χ4v) is 1.74. The number of ether oxygens (including phenoxy) is 2. The van der Waals surface area contributed by atoms with Gasteiger partial charge in [-0.05, 0) is 31.2 Å². The summed E-state index contributed by atoms with van der Waals surface area (Å²) in [5.41, 5.74) is 1.15. The summed E-state index contributed by atoms with van der Waals surface area (Å²) in [6.45, 7) is 2.09. The number of esters is 1. The van der Waals surface area contributed by atoms with E-state index in [0.717, 1.165) is 5.39 Å². The number of hydrogen-bond donors (Lipinski definition) is 0. The molecular weight excluding hydrogens is 234 g/mol. The highest BCUT2D eigenvalue weighted by molar-refractivity contribution is 5.97. The van der Waals surface area contributed by atoms with E-state index in [4.69, 9.17) is 4.74 Å². The van der Waals surface area contributed by atoms with Gasteiger partial charge in [0.05, 0.1) is 24.8 Å². The van der Waals surface area contributed by atoms with Crippen molar-refractivity contribution >= 4 is 23.0 Å². The average molecular weight is 247 g/mol. The molecule has 0 N–H and O–H groups in total. The molecule has 1 aromatic heterocycles. The van der Waals surface area contributed by atoms with Gasteiger partial charge in [0.1, 0.15) is 0 Å². The number of rotatable bonds is 2. The van der Waals surface area contributed by atoms with Gasteiger partial charge in [-0.1, -0.05) is 0 Å². The van der Waals surface area contributed by atoms with Gasteiger partial charge in [0, 0.05) is 11.6 Å². The molecule has 1 heterocycles. The van der Waals surface area contributed by atoms with Gasteiger partial charge in [-0.3, -0.25) is 4.57 Å². The minimum atomic E-state index is -0.464. The standard InChI is InChI=1S/C13H13NO4/c1-3-18-12(15)10-4-5-11-9(8-10)6-7-14(11)13(16)17-2/h4-8H,3H2,1-2H3. The lowest BCUT2D eigenvalue weighted by molar-refractivity contribution is 0.0526. The molecule has 5 heteroatoms. The summed E-state index contributed by atoms with van der Waals surface area (Å²) in [5, 5.41) is 0.783. The van der Waals surface area contributed by atoms with Gasteiger partial charge in [0.2, 0.25) is 0 Å². The first-order valence-electron chi connectivity index (χ1n) is 5.54. The fraction of sp³-hybridized carbons (Fsp3) is 0.231. The molecule has 0 fully saturated rings. The first kappa shape index (κ1) is 12.2. The first-order valence-corrected chi connectivity index (χ1v) is 5.54. The lowest BCUT2D eigenvalue weighted by Gasteiger charge is -2.04. The minimum Gasteiger partial charge on any atom is -0.462 e. The van der Waals surface area contributed by atoms with Crippen molar-refractivity contribution in [2.45, 2.75) is 6.92 Å². The van der Waals surface area contributed by atoms with Crippen LogP contribution in [-0.2, 0) is 9.47 Å². The Kier molecular flexibility index (Phi) is 3.32. The van der Waals surface area contributed by atoms with Gasteiger partial charge in [-0.15, -0.1) is 0 Å². The summed E-state index contributed by atoms with van der Waals surface area (Å²) in [5.74, 6) is -0.370. The van der Waals surface area contributed by atoms with Crippen molar-refractivity contribution < 1.29 is 19.1 Å². The van der Waals surface area contributed by atoms with Crippen LogP contribution in [-0.4, -0.2) is 30.3 Å². The Hall–Kier alpha value is -2.30. The summed E-state index contributed by atoms with van der Waals surface area (Å²) in [7, 11) is 1.32. The topological polar surface area (TPSA) is 57.5 Å². The van der Waals surface area contributed by atoms with Gasteiger partial charge >= 0.3 is 12.1 Å². The van der Waals surface area contributed by atoms with Crippen LogP contribution in [0.15, 0.2) is 30.5 Å². The Bertz CT molecular complexity index is 600. The fourth-order valence-electron chi connectivity index (χ4n) is 1.74. The van der Waals surface area contributed by atoms with Crippen LogP contribution in [0.3, 0.4) is 0 Å². The van der Waals surface area contributed by atoms with Crippen molar-refractivity contribution in [3.63, 3.8) is 0 Å². The molecule has 94 valence electrons. The molecule has 18 heavy (non-hydrogen) atoms. The van der Waals surface area contributed by atoms with Crippen LogP contribution in [0.5, 0.6) is 0 Å². The van der Waals surface area contributed by atoms with Crippen LogP contribution < -0.4 is 0 Å². The van der Waals surface area contributed by atoms with Gasteiger partial charge in [0.25, 0.3) is 0 Å². The smallest absolute Gasteiger partial charge is 0.418 e. The van der Waals surface area contributed by atoms with E-state index in [0.29, 0.717) is 17.7 Å². The highest BCUT2D eigenvalue weighted by Gasteiger charge is 2.11. The van der Waals surface area contributed by atoms with E-state index in [9.17, 15) is 9.59 Å². The van der Waals surface area contributed by atoms with E-state index >= 15 is 0 Å². The predicted octanol–water partition coefficient (Wildman–Crippen LogP) is 2.43. The Morgan fingerprint density at radius 2 is 2.06 bits per heavy atom. The van der Waals surface area contributed by atoms with E-state index < -0.39 is 6.09 Å². The van der Waals surface area contributed by atoms with Crippen molar-refractivity contribution in [3.8, 4) is 0 Å². The highest BCUT2D eigenvalue weighted by atomic mass is 16.5. The Morgan fingerprint density at radius 3 is 2.72 bits per heavy atom. The van der Waals surface area contributed by atoms with Crippen LogP contribution in [0.4, 0.5) is 4.79 Å². The van der Waals surface area contributed by atoms with E-state index in [2.05, 4.69) is 4.74 Å². The molecule has 0 amide bonds. The van der Waals surface area contributed by atoms with E-state index in [1.807, 2.05) is 0 Å². The number of benzene rings is 1. The van der Waals surface area contributed by atoms with Crippen molar-refractivity contribution in [1.29, 1.82) is 0 Å². The molecular formula is C13H13NO4. The highest BCUT2D eigenvalue weighted by Crippen LogP contribution is 2.18. The normalized spacial score (nSPS) is 10.3. The van der Waals surface area contributed by atoms with Crippen LogP contribution in [0.25, 0.3) is 10.9 Å². The molecule has 0 radical (unpaired) electrons. The second-order valence-corrected chi connectivity index (χ2v) is 3.65. The summed E-state index contributed by atoms with van der Waals surface area (Å²) in [6.07, 6.45) is 1.14. The maximum atomic E-state index is 11.6. The Labute approximate surface area is 104 Å². The molecule has 0 unspecified atom stereocenters. The van der Waals surface area contributed by atoms with E-state index in [1.165, 1.54) is 11.7 Å². The second kappa shape index (κ2) is 4.91. The molecule has 1 aromatic carbocycles. The number of hydrogen-bond acceptors (Lipinski definition) is 4. The summed E-state index contributed by atoms with van der Waals surface area (Å²) < 4.78 is 10.9. The van der Waals surface area contributed by atoms with E-state index in [-0.39, 0.29) is 5.97 Å². The molecule has 2 aromatic rings. The SMILES string of the molecule is CCOC(=O)c1ccc2c(ccn2C(=O)OC)c1. The number of carbonyl (C=O) groups is 2. The molecule has 0 saturated heterocycles. The molecule has 2 rings (SSSR count). The molecule has 0 aliphatic carbocycles. The number of methoxy groups -OCH3 is 1. The quantitative estimate of drug-likeness (QED) is 0.765. The zero-order chi connectivity index (χ0) is 13.1. The molecule has 0 atom stereocenters. The summed E-state index contributed by atoms with van der Waals surface area (Å²) in [4.78, 5) is 23.0. The van der Waals surface area contributed by atoms with Crippen molar-refractivity contribution in [2.24, 2.45) is 0 Å². The zero-order valence-corrected chi connectivity index (χ0v) is 10.2. The summed E-state index contributed by atoms with van der Waals surface area (Å²) >= 11 is 0. The minimum absolute atomic E-state index is 0.333. The number of fused-ring (bicyclic) bond motifs is 1. The van der Waals surface area contributed by atoms with Gasteiger partial charge in [-0.2, -0.15) is 0 Å². The molecule has 0 saturated carbocycles. The van der Waals surface area contributed by atoms with Gasteiger partial charge in [-0.25, -0.2) is 9.59 Å². The maximum Gasteiger partial charge on any atom is 0.418 e. The predicted molar refractivity (Wildman–Crippen MR) is 65.7 cm³/mol. The number of carbonyl (C=O) groups excluding carboxylic acids is 2. The third kappa shape index (κ3) is 2.07. The molecule has 0 aliphatic rings. The van der Waals surface area contributed by atoms with Crippen LogP contribution >= 0.6 is 0 Å². The summed E-state index contributed by atoms with van der Waals surface area (Å²) in [6, 6.07) is 6.75. The number of nitrogens with zero attached hydrogens (tertiary/aromatic N) is 1. The van der Waals surface area contributed by atoms with Crippen molar-refractivity contribution in [3.05, 3.63) is 36.0 Å². The average Bonchev–Trinajstić information content (AvgIpc) is 2.81. The zero-order valence-electron chi connectivity index (χ0n) is 10.2. The van der Waals surface area contributed by atoms with Crippen molar-refractivity contribution in [2.75, 3.05) is 13.7 Å². The third-order valence-corrected chi connectivity index (χ3v) is 2.57. The molecule has 0 bridgehead atoms. The van der Waals surface area contributed by atoms with Crippen molar-refractivity contribution in [1.82, 2.24) is 4.57 Å². The maximum absolute atomic E-state index is 11.6. The molecule has 0 aliphatic heterocycles. The lowest BCUT2D eigenvalue weighted by atomic mass is 10.1. The third-order valence-electron chi connectivity index (χ3n) is 2.57. The Balaban J connectivity index is 2.42. The van der Waals surface area contributed by atoms with Crippen LogP contribution in [0.2, 0.25) is 0 Å². The van der Waals surface area contributed by atoms with Crippen LogP contribution in [0, 0.1) is 0 Å². The Morgan fingerprint density at radius 1 is 1.28 bits per heavy atom. The lowest BCUT2D eigenvalue weighted by Crippen LogP contribution is -2.09. The largest absolute Gasteiger partial charge is 0.462 e. The monoisotopic (exact) mass is 247 g/mol. The van der Waals surface area contributed by atoms with Gasteiger partial charge < -0.3 is 9.47 Å².